The Labute approximate surface area is 278 Å². The number of hydrogen-bond acceptors (Lipinski definition) is 7. The third-order valence-corrected chi connectivity index (χ3v) is 9.64. The van der Waals surface area contributed by atoms with Gasteiger partial charge in [-0.05, 0) is 59.7 Å². The van der Waals surface area contributed by atoms with Crippen LogP contribution in [0.1, 0.15) is 77.2 Å². The predicted molar refractivity (Wildman–Crippen MR) is 183 cm³/mol. The fraction of sp³-hybridized carbons (Fsp3) is 0.500. The topological polar surface area (TPSA) is 130 Å². The van der Waals surface area contributed by atoms with Gasteiger partial charge in [0, 0.05) is 61.7 Å². The number of hydrogen-bond donors (Lipinski definition) is 2. The summed E-state index contributed by atoms with van der Waals surface area (Å²) < 4.78 is 53.6. The molecule has 0 amide bonds. The number of ether oxygens (including phenoxy) is 2. The van der Waals surface area contributed by atoms with Crippen molar-refractivity contribution in [2.24, 2.45) is 0 Å². The second-order valence-electron chi connectivity index (χ2n) is 13.6. The number of anilines is 1. The van der Waals surface area contributed by atoms with E-state index in [2.05, 4.69) is 54.5 Å². The van der Waals surface area contributed by atoms with Crippen molar-refractivity contribution in [1.29, 1.82) is 0 Å². The number of carbonyl (C=O) groups is 1. The molecule has 0 unspecified atom stereocenters. The number of nitrogens with zero attached hydrogens (tertiary/aromatic N) is 2. The second-order valence-corrected chi connectivity index (χ2v) is 15.1. The molecule has 1 aromatic rings. The fourth-order valence-electron chi connectivity index (χ4n) is 6.23. The lowest BCUT2D eigenvalue weighted by molar-refractivity contribution is -0.137. The predicted octanol–water partition coefficient (Wildman–Crippen LogP) is 5.78. The van der Waals surface area contributed by atoms with Crippen LogP contribution in [-0.4, -0.2) is 71.1 Å². The molecule has 11 heteroatoms. The molecule has 10 nitrogen and oxygen atoms in total. The van der Waals surface area contributed by atoms with Gasteiger partial charge in [0.25, 0.3) is 10.1 Å². The van der Waals surface area contributed by atoms with Crippen molar-refractivity contribution < 1.29 is 36.8 Å². The Morgan fingerprint density at radius 3 is 2.28 bits per heavy atom. The number of unbranched alkanes of at least 4 members (excludes halogenated alkanes) is 2. The van der Waals surface area contributed by atoms with E-state index in [-0.39, 0.29) is 16.7 Å². The molecule has 256 valence electrons. The molecule has 2 heterocycles. The molecule has 47 heavy (non-hydrogen) atoms. The molecule has 0 aromatic heterocycles. The van der Waals surface area contributed by atoms with Gasteiger partial charge < -0.3 is 23.9 Å². The summed E-state index contributed by atoms with van der Waals surface area (Å²) in [5, 5.41) is 10.1. The molecular weight excluding hydrogens is 620 g/mol. The third kappa shape index (κ3) is 8.51. The molecule has 4 rings (SSSR count). The zero-order valence-corrected chi connectivity index (χ0v) is 29.4. The van der Waals surface area contributed by atoms with Crippen LogP contribution >= 0.6 is 0 Å². The van der Waals surface area contributed by atoms with Gasteiger partial charge in [0.2, 0.25) is 5.36 Å². The number of fused-ring (bicyclic) bond motifs is 2. The van der Waals surface area contributed by atoms with Gasteiger partial charge in [-0.15, -0.1) is 0 Å². The van der Waals surface area contributed by atoms with Crippen molar-refractivity contribution in [1.82, 2.24) is 4.58 Å². The number of aliphatic carboxylic acids is 1. The lowest BCUT2D eigenvalue weighted by Crippen LogP contribution is -2.35. The molecule has 3 aliphatic rings. The maximum Gasteiger partial charge on any atom is 0.303 e. The van der Waals surface area contributed by atoms with Gasteiger partial charge in [-0.1, -0.05) is 41.0 Å². The summed E-state index contributed by atoms with van der Waals surface area (Å²) >= 11 is 0. The summed E-state index contributed by atoms with van der Waals surface area (Å²) in [4.78, 5) is 13.1. The molecule has 2 aliphatic heterocycles. The summed E-state index contributed by atoms with van der Waals surface area (Å²) in [5.74, 6) is 0.581. The average Bonchev–Trinajstić information content (AvgIpc) is 3.20. The second kappa shape index (κ2) is 14.7. The average molecular weight is 670 g/mol. The van der Waals surface area contributed by atoms with E-state index < -0.39 is 21.5 Å². The van der Waals surface area contributed by atoms with Crippen molar-refractivity contribution in [2.75, 3.05) is 52.0 Å². The molecule has 1 aromatic carbocycles. The van der Waals surface area contributed by atoms with E-state index in [1.807, 2.05) is 19.9 Å². The van der Waals surface area contributed by atoms with Gasteiger partial charge in [0.05, 0.1) is 11.0 Å². The van der Waals surface area contributed by atoms with E-state index in [1.54, 1.807) is 26.4 Å². The van der Waals surface area contributed by atoms with Crippen LogP contribution in [0, 0.1) is 0 Å². The monoisotopic (exact) mass is 669 g/mol. The maximum absolute atomic E-state index is 12.1. The van der Waals surface area contributed by atoms with Crippen molar-refractivity contribution in [3.05, 3.63) is 70.4 Å². The molecule has 0 fully saturated rings. The maximum atomic E-state index is 12.1. The van der Waals surface area contributed by atoms with E-state index in [9.17, 15) is 17.8 Å². The first-order valence-electron chi connectivity index (χ1n) is 16.1. The van der Waals surface area contributed by atoms with Crippen LogP contribution in [0.15, 0.2) is 57.5 Å². The first-order valence-corrected chi connectivity index (χ1v) is 17.5. The van der Waals surface area contributed by atoms with Gasteiger partial charge in [0.15, 0.2) is 13.1 Å². The standard InChI is InChI=1S/C36H48N2O8S/c1-35(2,3)29-22-26(46-32-21-25(12-14-28(29)32)37(17-19-44-6)18-20-45-7)23-33-36(4,5)30-24-27(47(41,42)43)13-15-31(30)38(33)16-10-8-9-11-34(39)40/h12-15,21-24H,8-11,16-20H2,1-7H3,(H-,39,40,41,42,43)/p+1. The highest BCUT2D eigenvalue weighted by Gasteiger charge is 2.41. The van der Waals surface area contributed by atoms with Gasteiger partial charge >= 0.3 is 5.97 Å². The van der Waals surface area contributed by atoms with Gasteiger partial charge in [-0.3, -0.25) is 9.35 Å². The Hall–Kier alpha value is -3.51. The van der Waals surface area contributed by atoms with Gasteiger partial charge in [-0.2, -0.15) is 8.42 Å². The fourth-order valence-corrected chi connectivity index (χ4v) is 6.74. The Kier molecular flexibility index (Phi) is 11.4. The van der Waals surface area contributed by atoms with Crippen LogP contribution in [0.4, 0.5) is 5.69 Å². The summed E-state index contributed by atoms with van der Waals surface area (Å²) in [6, 6.07) is 13.0. The Bertz CT molecular complexity index is 1760. The Morgan fingerprint density at radius 2 is 1.68 bits per heavy atom. The van der Waals surface area contributed by atoms with Crippen LogP contribution < -0.4 is 14.8 Å². The van der Waals surface area contributed by atoms with Crippen molar-refractivity contribution in [3.8, 4) is 11.3 Å². The number of carboxylic acids is 1. The summed E-state index contributed by atoms with van der Waals surface area (Å²) in [5.41, 5.74) is 3.84. The summed E-state index contributed by atoms with van der Waals surface area (Å²) in [6.07, 6.45) is 4.19. The van der Waals surface area contributed by atoms with Gasteiger partial charge in [-0.25, -0.2) is 4.58 Å². The lowest BCUT2D eigenvalue weighted by Gasteiger charge is -2.28. The highest BCUT2D eigenvalue weighted by Crippen LogP contribution is 2.49. The van der Waals surface area contributed by atoms with E-state index in [4.69, 9.17) is 19.0 Å². The number of methoxy groups -OCH3 is 2. The van der Waals surface area contributed by atoms with Crippen LogP contribution in [0.25, 0.3) is 17.4 Å². The Morgan fingerprint density at radius 1 is 1.00 bits per heavy atom. The van der Waals surface area contributed by atoms with Crippen molar-refractivity contribution in [2.45, 2.75) is 76.0 Å². The summed E-state index contributed by atoms with van der Waals surface area (Å²) in [7, 11) is -1.03. The van der Waals surface area contributed by atoms with Crippen molar-refractivity contribution in [3.63, 3.8) is 0 Å². The molecule has 0 saturated heterocycles. The SMILES string of the molecule is COCC[N+](CCOC)=c1ccc2c(C(C)(C)C)cc(/C=C3/N(CCCCCC(=O)O)c4ccc(S(=O)(=O)O)cc4C3(C)C)oc-2c1. The first kappa shape index (κ1) is 36.3. The molecule has 0 bridgehead atoms. The van der Waals surface area contributed by atoms with E-state index in [0.29, 0.717) is 45.0 Å². The molecule has 0 radical (unpaired) electrons. The largest absolute Gasteiger partial charge is 0.481 e. The Balaban J connectivity index is 1.90. The van der Waals surface area contributed by atoms with Crippen LogP contribution in [0.3, 0.4) is 0 Å². The summed E-state index contributed by atoms with van der Waals surface area (Å²) in [6.45, 7) is 13.7. The van der Waals surface area contributed by atoms with E-state index >= 15 is 0 Å². The van der Waals surface area contributed by atoms with E-state index in [1.165, 1.54) is 6.07 Å². The molecule has 2 N–H and O–H groups in total. The number of benzene rings is 2. The molecule has 1 aliphatic carbocycles. The highest BCUT2D eigenvalue weighted by molar-refractivity contribution is 7.85. The number of allylic oxidation sites excluding steroid dienone is 1. The minimum absolute atomic E-state index is 0.115. The third-order valence-electron chi connectivity index (χ3n) is 8.79. The van der Waals surface area contributed by atoms with Gasteiger partial charge in [0.1, 0.15) is 24.7 Å². The molecule has 0 atom stereocenters. The molecule has 0 spiro atoms. The van der Waals surface area contributed by atoms with Crippen molar-refractivity contribution >= 4 is 27.9 Å². The number of carboxylic acid groups (broad SMARTS) is 1. The quantitative estimate of drug-likeness (QED) is 0.125. The van der Waals surface area contributed by atoms with Crippen LogP contribution in [-0.2, 0) is 35.2 Å². The van der Waals surface area contributed by atoms with Crippen LogP contribution in [0.2, 0.25) is 0 Å². The molecule has 0 saturated carbocycles. The highest BCUT2D eigenvalue weighted by atomic mass is 32.2. The number of rotatable bonds is 14. The lowest BCUT2D eigenvalue weighted by atomic mass is 9.82. The zero-order valence-electron chi connectivity index (χ0n) is 28.6. The minimum Gasteiger partial charge on any atom is -0.481 e. The zero-order chi connectivity index (χ0) is 34.6. The normalized spacial score (nSPS) is 15.4. The first-order chi connectivity index (χ1) is 22.1. The van der Waals surface area contributed by atoms with E-state index in [0.717, 1.165) is 52.0 Å². The smallest absolute Gasteiger partial charge is 0.303 e. The minimum atomic E-state index is -4.40. The van der Waals surface area contributed by atoms with Crippen LogP contribution in [0.5, 0.6) is 0 Å². The molecular formula is C36H49N2O8S+.